The average molecular weight is 378 g/mol. The van der Waals surface area contributed by atoms with Crippen molar-refractivity contribution in [1.82, 2.24) is 20.0 Å². The van der Waals surface area contributed by atoms with Crippen molar-refractivity contribution >= 4 is 29.2 Å². The number of nitrogens with one attached hydrogen (secondary N) is 2. The van der Waals surface area contributed by atoms with Gasteiger partial charge in [-0.05, 0) is 45.0 Å². The molecule has 2 aromatic rings. The quantitative estimate of drug-likeness (QED) is 0.777. The Morgan fingerprint density at radius 3 is 2.73 bits per heavy atom. The molecule has 7 nitrogen and oxygen atoms in total. The summed E-state index contributed by atoms with van der Waals surface area (Å²) in [7, 11) is 0. The van der Waals surface area contributed by atoms with E-state index in [2.05, 4.69) is 15.7 Å². The van der Waals surface area contributed by atoms with Gasteiger partial charge in [0.25, 0.3) is 5.91 Å². The first-order chi connectivity index (χ1) is 12.4. The van der Waals surface area contributed by atoms with E-state index in [1.54, 1.807) is 34.0 Å². The zero-order valence-electron chi connectivity index (χ0n) is 15.2. The van der Waals surface area contributed by atoms with Crippen LogP contribution in [0.25, 0.3) is 0 Å². The summed E-state index contributed by atoms with van der Waals surface area (Å²) < 4.78 is 1.76. The second-order valence-electron chi connectivity index (χ2n) is 6.10. The zero-order chi connectivity index (χ0) is 19.1. The summed E-state index contributed by atoms with van der Waals surface area (Å²) >= 11 is 6.18. The van der Waals surface area contributed by atoms with Crippen LogP contribution in [0.4, 0.5) is 10.5 Å². The molecule has 2 N–H and O–H groups in total. The fourth-order valence-electron chi connectivity index (χ4n) is 2.36. The standard InChI is InChI=1S/C18H24ClN5O2/c1-4-23(10-11-24-9-5-8-20-24)18(26)22-16-12-14(6-7-15(16)19)17(25)21-13(2)3/h5-9,12-13H,4,10-11H2,1-3H3,(H,21,25)(H,22,26). The minimum atomic E-state index is -0.275. The van der Waals surface area contributed by atoms with Gasteiger partial charge in [-0.25, -0.2) is 4.79 Å². The topological polar surface area (TPSA) is 79.3 Å². The predicted molar refractivity (Wildman–Crippen MR) is 103 cm³/mol. The lowest BCUT2D eigenvalue weighted by molar-refractivity contribution is 0.0943. The van der Waals surface area contributed by atoms with Crippen LogP contribution in [-0.4, -0.2) is 45.8 Å². The summed E-state index contributed by atoms with van der Waals surface area (Å²) in [5.74, 6) is -0.210. The van der Waals surface area contributed by atoms with Gasteiger partial charge >= 0.3 is 6.03 Å². The van der Waals surface area contributed by atoms with Gasteiger partial charge in [-0.3, -0.25) is 9.48 Å². The Hall–Kier alpha value is -2.54. The molecule has 0 fully saturated rings. The first kappa shape index (κ1) is 19.8. The van der Waals surface area contributed by atoms with Crippen LogP contribution in [0.15, 0.2) is 36.7 Å². The number of benzene rings is 1. The number of carbonyl (C=O) groups is 2. The van der Waals surface area contributed by atoms with E-state index < -0.39 is 0 Å². The lowest BCUT2D eigenvalue weighted by atomic mass is 10.1. The molecule has 2 rings (SSSR count). The third kappa shape index (κ3) is 5.49. The Bertz CT molecular complexity index is 746. The zero-order valence-corrected chi connectivity index (χ0v) is 16.0. The van der Waals surface area contributed by atoms with Crippen LogP contribution >= 0.6 is 11.6 Å². The summed E-state index contributed by atoms with van der Waals surface area (Å²) in [6.45, 7) is 7.31. The van der Waals surface area contributed by atoms with E-state index in [9.17, 15) is 9.59 Å². The van der Waals surface area contributed by atoms with Gasteiger partial charge in [0, 0.05) is 37.1 Å². The third-order valence-corrected chi connectivity index (χ3v) is 4.05. The maximum atomic E-state index is 12.5. The second-order valence-corrected chi connectivity index (χ2v) is 6.51. The number of rotatable bonds is 7. The third-order valence-electron chi connectivity index (χ3n) is 3.72. The van der Waals surface area contributed by atoms with Crippen molar-refractivity contribution in [2.24, 2.45) is 0 Å². The molecular weight excluding hydrogens is 354 g/mol. The van der Waals surface area contributed by atoms with E-state index in [1.165, 1.54) is 0 Å². The molecule has 140 valence electrons. The molecule has 0 radical (unpaired) electrons. The molecule has 8 heteroatoms. The van der Waals surface area contributed by atoms with Crippen LogP contribution in [0.3, 0.4) is 0 Å². The van der Waals surface area contributed by atoms with Crippen LogP contribution in [-0.2, 0) is 6.54 Å². The SMILES string of the molecule is CCN(CCn1cccn1)C(=O)Nc1cc(C(=O)NC(C)C)ccc1Cl. The van der Waals surface area contributed by atoms with E-state index in [0.29, 0.717) is 35.9 Å². The number of hydrogen-bond donors (Lipinski definition) is 2. The number of nitrogens with zero attached hydrogens (tertiary/aromatic N) is 3. The largest absolute Gasteiger partial charge is 0.350 e. The van der Waals surface area contributed by atoms with Crippen molar-refractivity contribution in [3.05, 3.63) is 47.2 Å². The number of hydrogen-bond acceptors (Lipinski definition) is 3. The first-order valence-corrected chi connectivity index (χ1v) is 8.92. The lowest BCUT2D eigenvalue weighted by Crippen LogP contribution is -2.37. The molecule has 0 saturated heterocycles. The van der Waals surface area contributed by atoms with E-state index in [1.807, 2.05) is 33.0 Å². The fraction of sp³-hybridized carbons (Fsp3) is 0.389. The van der Waals surface area contributed by atoms with Crippen molar-refractivity contribution in [1.29, 1.82) is 0 Å². The average Bonchev–Trinajstić information content (AvgIpc) is 3.10. The molecule has 0 atom stereocenters. The van der Waals surface area contributed by atoms with Crippen LogP contribution in [0.2, 0.25) is 5.02 Å². The summed E-state index contributed by atoms with van der Waals surface area (Å²) in [6, 6.07) is 6.40. The molecule has 0 spiro atoms. The van der Waals surface area contributed by atoms with Crippen molar-refractivity contribution in [2.75, 3.05) is 18.4 Å². The van der Waals surface area contributed by atoms with Gasteiger partial charge in [0.1, 0.15) is 0 Å². The molecule has 0 aliphatic heterocycles. The maximum Gasteiger partial charge on any atom is 0.321 e. The van der Waals surface area contributed by atoms with Crippen LogP contribution in [0, 0.1) is 0 Å². The van der Waals surface area contributed by atoms with Crippen LogP contribution < -0.4 is 10.6 Å². The van der Waals surface area contributed by atoms with Gasteiger partial charge in [-0.15, -0.1) is 0 Å². The summed E-state index contributed by atoms with van der Waals surface area (Å²) in [5, 5.41) is 10.1. The van der Waals surface area contributed by atoms with Gasteiger partial charge in [0.2, 0.25) is 0 Å². The summed E-state index contributed by atoms with van der Waals surface area (Å²) in [6.07, 6.45) is 3.54. The smallest absolute Gasteiger partial charge is 0.321 e. The molecule has 0 aliphatic carbocycles. The summed E-state index contributed by atoms with van der Waals surface area (Å²) in [4.78, 5) is 26.3. The van der Waals surface area contributed by atoms with Crippen LogP contribution in [0.1, 0.15) is 31.1 Å². The molecule has 0 bridgehead atoms. The highest BCUT2D eigenvalue weighted by atomic mass is 35.5. The lowest BCUT2D eigenvalue weighted by Gasteiger charge is -2.22. The van der Waals surface area contributed by atoms with Crippen molar-refractivity contribution < 1.29 is 9.59 Å². The first-order valence-electron chi connectivity index (χ1n) is 8.54. The number of carbonyl (C=O) groups excluding carboxylic acids is 2. The monoisotopic (exact) mass is 377 g/mol. The van der Waals surface area contributed by atoms with E-state index in [-0.39, 0.29) is 18.0 Å². The fourth-order valence-corrected chi connectivity index (χ4v) is 2.53. The molecule has 0 aliphatic rings. The minimum Gasteiger partial charge on any atom is -0.350 e. The van der Waals surface area contributed by atoms with Gasteiger partial charge < -0.3 is 15.5 Å². The Kier molecular flexibility index (Phi) is 7.03. The number of aromatic nitrogens is 2. The highest BCUT2D eigenvalue weighted by Crippen LogP contribution is 2.23. The number of halogens is 1. The van der Waals surface area contributed by atoms with Crippen molar-refractivity contribution in [2.45, 2.75) is 33.4 Å². The highest BCUT2D eigenvalue weighted by molar-refractivity contribution is 6.33. The normalized spacial score (nSPS) is 10.7. The molecular formula is C18H24ClN5O2. The van der Waals surface area contributed by atoms with Gasteiger partial charge in [0.05, 0.1) is 17.3 Å². The number of urea groups is 1. The Morgan fingerprint density at radius 1 is 1.35 bits per heavy atom. The maximum absolute atomic E-state index is 12.5. The van der Waals surface area contributed by atoms with E-state index in [4.69, 9.17) is 11.6 Å². The van der Waals surface area contributed by atoms with E-state index >= 15 is 0 Å². The van der Waals surface area contributed by atoms with Crippen molar-refractivity contribution in [3.8, 4) is 0 Å². The second kappa shape index (κ2) is 9.24. The van der Waals surface area contributed by atoms with Gasteiger partial charge in [-0.1, -0.05) is 11.6 Å². The molecule has 3 amide bonds. The Labute approximate surface area is 158 Å². The number of likely N-dealkylation sites (N-methyl/N-ethyl adjacent to an activating group) is 1. The van der Waals surface area contributed by atoms with Gasteiger partial charge in [0.15, 0.2) is 0 Å². The van der Waals surface area contributed by atoms with Gasteiger partial charge in [-0.2, -0.15) is 5.10 Å². The molecule has 0 saturated carbocycles. The molecule has 1 heterocycles. The molecule has 0 unspecified atom stereocenters. The number of anilines is 1. The highest BCUT2D eigenvalue weighted by Gasteiger charge is 2.15. The number of amides is 3. The van der Waals surface area contributed by atoms with E-state index in [0.717, 1.165) is 0 Å². The molecule has 1 aromatic heterocycles. The minimum absolute atomic E-state index is 0.0223. The predicted octanol–water partition coefficient (Wildman–Crippen LogP) is 3.23. The van der Waals surface area contributed by atoms with Crippen molar-refractivity contribution in [3.63, 3.8) is 0 Å². The summed E-state index contributed by atoms with van der Waals surface area (Å²) in [5.41, 5.74) is 0.851. The van der Waals surface area contributed by atoms with Crippen LogP contribution in [0.5, 0.6) is 0 Å². The Balaban J connectivity index is 2.05. The molecule has 26 heavy (non-hydrogen) atoms. The molecule has 1 aromatic carbocycles. The Morgan fingerprint density at radius 2 is 2.12 bits per heavy atom.